The average Bonchev–Trinajstić information content (AvgIpc) is 2.45. The number of aromatic nitrogens is 2. The molecule has 0 spiro atoms. The Morgan fingerprint density at radius 3 is 1.95 bits per heavy atom. The van der Waals surface area contributed by atoms with Crippen molar-refractivity contribution in [3.8, 4) is 11.4 Å². The maximum atomic E-state index is 12.9. The topological polar surface area (TPSA) is 25.8 Å². The molecule has 0 saturated carbocycles. The maximum absolute atomic E-state index is 12.9. The van der Waals surface area contributed by atoms with Crippen molar-refractivity contribution < 1.29 is 26.3 Å². The molecule has 1 aromatic carbocycles. The van der Waals surface area contributed by atoms with Gasteiger partial charge in [0.05, 0.1) is 11.4 Å². The van der Waals surface area contributed by atoms with Crippen LogP contribution in [0.2, 0.25) is 0 Å². The normalized spacial score (nSPS) is 12.5. The van der Waals surface area contributed by atoms with Gasteiger partial charge in [-0.3, -0.25) is 0 Å². The van der Waals surface area contributed by atoms with Crippen molar-refractivity contribution in [1.82, 2.24) is 9.97 Å². The van der Waals surface area contributed by atoms with Crippen molar-refractivity contribution in [1.29, 1.82) is 0 Å². The van der Waals surface area contributed by atoms with Gasteiger partial charge in [0, 0.05) is 17.3 Å². The van der Waals surface area contributed by atoms with E-state index in [4.69, 9.17) is 11.6 Å². The van der Waals surface area contributed by atoms with Crippen LogP contribution in [0.3, 0.4) is 0 Å². The minimum atomic E-state index is -4.73. The van der Waals surface area contributed by atoms with Crippen LogP contribution in [0, 0.1) is 0 Å². The van der Waals surface area contributed by atoms with Crippen LogP contribution < -0.4 is 0 Å². The zero-order chi connectivity index (χ0) is 16.5. The standard InChI is InChI=1S/C13H7ClF6N2/c14-5-8-6-21-11(22-10(8)13(18,19)20)7-1-3-9(4-2-7)12(15,16)17/h1-4,6H,5H2. The van der Waals surface area contributed by atoms with E-state index in [-0.39, 0.29) is 17.0 Å². The quantitative estimate of drug-likeness (QED) is 0.573. The fraction of sp³-hybridized carbons (Fsp3) is 0.231. The zero-order valence-electron chi connectivity index (χ0n) is 10.6. The molecule has 2 rings (SSSR count). The predicted octanol–water partition coefficient (Wildman–Crippen LogP) is 4.92. The van der Waals surface area contributed by atoms with Crippen LogP contribution in [0.5, 0.6) is 0 Å². The number of rotatable bonds is 2. The Kier molecular flexibility index (Phi) is 4.32. The fourth-order valence-corrected chi connectivity index (χ4v) is 1.89. The molecule has 0 atom stereocenters. The summed E-state index contributed by atoms with van der Waals surface area (Å²) in [5, 5.41) is 0. The van der Waals surface area contributed by atoms with Crippen LogP contribution in [-0.2, 0) is 18.2 Å². The van der Waals surface area contributed by atoms with Crippen LogP contribution in [0.25, 0.3) is 11.4 Å². The first-order chi connectivity index (χ1) is 10.1. The first-order valence-electron chi connectivity index (χ1n) is 5.79. The molecule has 0 aliphatic heterocycles. The summed E-state index contributed by atoms with van der Waals surface area (Å²) in [7, 11) is 0. The zero-order valence-corrected chi connectivity index (χ0v) is 11.4. The Morgan fingerprint density at radius 1 is 0.909 bits per heavy atom. The number of hydrogen-bond acceptors (Lipinski definition) is 2. The first-order valence-corrected chi connectivity index (χ1v) is 6.33. The summed E-state index contributed by atoms with van der Waals surface area (Å²) >= 11 is 5.40. The number of alkyl halides is 7. The van der Waals surface area contributed by atoms with E-state index in [1.54, 1.807) is 0 Å². The summed E-state index contributed by atoms with van der Waals surface area (Å²) < 4.78 is 75.9. The monoisotopic (exact) mass is 340 g/mol. The van der Waals surface area contributed by atoms with E-state index in [0.717, 1.165) is 30.5 Å². The summed E-state index contributed by atoms with van der Waals surface area (Å²) in [6.07, 6.45) is -8.34. The molecule has 0 unspecified atom stereocenters. The second-order valence-electron chi connectivity index (χ2n) is 4.27. The molecule has 0 saturated heterocycles. The lowest BCUT2D eigenvalue weighted by Gasteiger charge is -2.12. The molecule has 1 aromatic heterocycles. The Hall–Kier alpha value is -1.83. The third-order valence-electron chi connectivity index (χ3n) is 2.75. The Bertz CT molecular complexity index is 664. The van der Waals surface area contributed by atoms with E-state index in [9.17, 15) is 26.3 Å². The van der Waals surface area contributed by atoms with Crippen LogP contribution in [0.15, 0.2) is 30.5 Å². The molecule has 0 radical (unpaired) electrons. The number of hydrogen-bond donors (Lipinski definition) is 0. The average molecular weight is 341 g/mol. The Morgan fingerprint density at radius 2 is 1.50 bits per heavy atom. The van der Waals surface area contributed by atoms with Crippen LogP contribution >= 0.6 is 11.6 Å². The van der Waals surface area contributed by atoms with Crippen molar-refractivity contribution in [2.75, 3.05) is 0 Å². The van der Waals surface area contributed by atoms with Crippen molar-refractivity contribution >= 4 is 11.6 Å². The lowest BCUT2D eigenvalue weighted by Crippen LogP contribution is -2.13. The highest BCUT2D eigenvalue weighted by Gasteiger charge is 2.36. The molecular weight excluding hydrogens is 334 g/mol. The largest absolute Gasteiger partial charge is 0.433 e. The van der Waals surface area contributed by atoms with E-state index in [1.165, 1.54) is 0 Å². The highest BCUT2D eigenvalue weighted by atomic mass is 35.5. The summed E-state index contributed by atoms with van der Waals surface area (Å²) in [5.41, 5.74) is -2.37. The number of nitrogens with zero attached hydrogens (tertiary/aromatic N) is 2. The minimum absolute atomic E-state index is 0.0413. The summed E-state index contributed by atoms with van der Waals surface area (Å²) in [6, 6.07) is 3.53. The van der Waals surface area contributed by atoms with Crippen LogP contribution in [0.4, 0.5) is 26.3 Å². The predicted molar refractivity (Wildman–Crippen MR) is 67.0 cm³/mol. The van der Waals surface area contributed by atoms with Crippen molar-refractivity contribution in [3.05, 3.63) is 47.3 Å². The smallest absolute Gasteiger partial charge is 0.236 e. The third-order valence-corrected chi connectivity index (χ3v) is 3.04. The molecule has 9 heteroatoms. The maximum Gasteiger partial charge on any atom is 0.433 e. The third kappa shape index (κ3) is 3.49. The van der Waals surface area contributed by atoms with Gasteiger partial charge in [-0.05, 0) is 12.1 Å². The molecular formula is C13H7ClF6N2. The molecule has 0 fully saturated rings. The van der Waals surface area contributed by atoms with E-state index in [1.807, 2.05) is 0 Å². The van der Waals surface area contributed by atoms with Crippen molar-refractivity contribution in [3.63, 3.8) is 0 Å². The molecule has 2 aromatic rings. The van der Waals surface area contributed by atoms with E-state index in [2.05, 4.69) is 9.97 Å². The van der Waals surface area contributed by atoms with Gasteiger partial charge >= 0.3 is 12.4 Å². The van der Waals surface area contributed by atoms with Gasteiger partial charge in [-0.25, -0.2) is 9.97 Å². The fourth-order valence-electron chi connectivity index (χ4n) is 1.70. The molecule has 0 amide bonds. The van der Waals surface area contributed by atoms with E-state index >= 15 is 0 Å². The molecule has 22 heavy (non-hydrogen) atoms. The van der Waals surface area contributed by atoms with Gasteiger partial charge in [-0.2, -0.15) is 26.3 Å². The number of benzene rings is 1. The van der Waals surface area contributed by atoms with Gasteiger partial charge in [0.25, 0.3) is 0 Å². The second kappa shape index (κ2) is 5.75. The highest BCUT2D eigenvalue weighted by Crippen LogP contribution is 2.33. The second-order valence-corrected chi connectivity index (χ2v) is 4.54. The highest BCUT2D eigenvalue weighted by molar-refractivity contribution is 6.17. The molecule has 0 aliphatic rings. The first kappa shape index (κ1) is 16.5. The lowest BCUT2D eigenvalue weighted by atomic mass is 10.1. The summed E-state index contributed by atoms with van der Waals surface area (Å²) in [6.45, 7) is 0. The van der Waals surface area contributed by atoms with Gasteiger partial charge in [-0.1, -0.05) is 12.1 Å². The molecule has 2 nitrogen and oxygen atoms in total. The minimum Gasteiger partial charge on any atom is -0.236 e. The summed E-state index contributed by atoms with van der Waals surface area (Å²) in [5.74, 6) is -0.753. The van der Waals surface area contributed by atoms with Crippen molar-refractivity contribution in [2.24, 2.45) is 0 Å². The van der Waals surface area contributed by atoms with E-state index in [0.29, 0.717) is 0 Å². The Balaban J connectivity index is 2.45. The summed E-state index contributed by atoms with van der Waals surface area (Å²) in [4.78, 5) is 7.08. The van der Waals surface area contributed by atoms with Crippen LogP contribution in [-0.4, -0.2) is 9.97 Å². The number of halogens is 7. The Labute approximate surface area is 125 Å². The lowest BCUT2D eigenvalue weighted by molar-refractivity contribution is -0.141. The molecule has 1 heterocycles. The SMILES string of the molecule is FC(F)(F)c1ccc(-c2ncc(CCl)c(C(F)(F)F)n2)cc1. The van der Waals surface area contributed by atoms with Gasteiger partial charge in [-0.15, -0.1) is 11.6 Å². The van der Waals surface area contributed by atoms with Gasteiger partial charge in [0.2, 0.25) is 0 Å². The van der Waals surface area contributed by atoms with Crippen LogP contribution in [0.1, 0.15) is 16.8 Å². The van der Waals surface area contributed by atoms with Gasteiger partial charge in [0.15, 0.2) is 11.5 Å². The molecule has 118 valence electrons. The molecule has 0 N–H and O–H groups in total. The van der Waals surface area contributed by atoms with Crippen molar-refractivity contribution in [2.45, 2.75) is 18.2 Å². The molecule has 0 bridgehead atoms. The van der Waals surface area contributed by atoms with E-state index < -0.39 is 29.5 Å². The molecule has 0 aliphatic carbocycles. The van der Waals surface area contributed by atoms with Gasteiger partial charge < -0.3 is 0 Å². The van der Waals surface area contributed by atoms with Gasteiger partial charge in [0.1, 0.15) is 0 Å².